The van der Waals surface area contributed by atoms with Crippen LogP contribution in [0.2, 0.25) is 0 Å². The Labute approximate surface area is 113 Å². The van der Waals surface area contributed by atoms with Crippen molar-refractivity contribution in [3.8, 4) is 0 Å². The molecule has 19 heavy (non-hydrogen) atoms. The van der Waals surface area contributed by atoms with Gasteiger partial charge in [-0.3, -0.25) is 0 Å². The highest BCUT2D eigenvalue weighted by Crippen LogP contribution is 2.23. The van der Waals surface area contributed by atoms with Crippen LogP contribution in [0, 0.1) is 5.92 Å². The summed E-state index contributed by atoms with van der Waals surface area (Å²) < 4.78 is 11.3. The topological polar surface area (TPSA) is 91.4 Å². The quantitative estimate of drug-likeness (QED) is 0.566. The van der Waals surface area contributed by atoms with Gasteiger partial charge in [0.2, 0.25) is 0 Å². The van der Waals surface area contributed by atoms with Gasteiger partial charge in [0, 0.05) is 20.2 Å². The molecule has 1 aromatic heterocycles. The average molecular weight is 270 g/mol. The third kappa shape index (κ3) is 3.85. The highest BCUT2D eigenvalue weighted by atomic mass is 16.5. The number of nitrogen functional groups attached to an aromatic ring is 1. The van der Waals surface area contributed by atoms with Crippen LogP contribution in [0.5, 0.6) is 0 Å². The molecule has 0 atom stereocenters. The van der Waals surface area contributed by atoms with Gasteiger partial charge in [-0.25, -0.2) is 9.48 Å². The summed E-state index contributed by atoms with van der Waals surface area (Å²) in [7, 11) is 2.93. The van der Waals surface area contributed by atoms with Crippen molar-refractivity contribution in [3.63, 3.8) is 0 Å². The molecule has 0 fully saturated rings. The number of rotatable bonds is 7. The van der Waals surface area contributed by atoms with E-state index >= 15 is 0 Å². The second kappa shape index (κ2) is 6.98. The Morgan fingerprint density at radius 1 is 1.47 bits per heavy atom. The van der Waals surface area contributed by atoms with E-state index < -0.39 is 5.97 Å². The van der Waals surface area contributed by atoms with Crippen molar-refractivity contribution in [2.45, 2.75) is 20.4 Å². The Bertz CT molecular complexity index is 429. The first-order chi connectivity index (χ1) is 9.01. The lowest BCUT2D eigenvalue weighted by Crippen LogP contribution is -2.12. The number of nitrogens with one attached hydrogen (secondary N) is 1. The highest BCUT2D eigenvalue weighted by Gasteiger charge is 2.23. The molecule has 0 spiro atoms. The predicted octanol–water partition coefficient (Wildman–Crippen LogP) is 0.966. The molecule has 1 rings (SSSR count). The van der Waals surface area contributed by atoms with Crippen LogP contribution in [0.1, 0.15) is 24.2 Å². The van der Waals surface area contributed by atoms with Crippen LogP contribution in [0.15, 0.2) is 0 Å². The zero-order chi connectivity index (χ0) is 14.4. The van der Waals surface area contributed by atoms with Gasteiger partial charge < -0.3 is 20.5 Å². The van der Waals surface area contributed by atoms with Gasteiger partial charge in [-0.15, -0.1) is 0 Å². The fourth-order valence-corrected chi connectivity index (χ4v) is 1.66. The molecule has 0 amide bonds. The van der Waals surface area contributed by atoms with Crippen molar-refractivity contribution in [1.82, 2.24) is 9.78 Å². The minimum Gasteiger partial charge on any atom is -0.465 e. The van der Waals surface area contributed by atoms with Crippen molar-refractivity contribution in [3.05, 3.63) is 5.56 Å². The zero-order valence-electron chi connectivity index (χ0n) is 11.9. The van der Waals surface area contributed by atoms with E-state index in [0.717, 1.165) is 0 Å². The molecule has 0 aliphatic carbocycles. The van der Waals surface area contributed by atoms with Gasteiger partial charge in [-0.1, -0.05) is 13.8 Å². The molecular weight excluding hydrogens is 248 g/mol. The Morgan fingerprint density at radius 2 is 2.16 bits per heavy atom. The van der Waals surface area contributed by atoms with Crippen molar-refractivity contribution < 1.29 is 14.3 Å². The Kier molecular flexibility index (Phi) is 5.62. The molecule has 0 radical (unpaired) electrons. The molecule has 0 aliphatic heterocycles. The van der Waals surface area contributed by atoms with Gasteiger partial charge in [0.1, 0.15) is 11.4 Å². The first-order valence-corrected chi connectivity index (χ1v) is 6.18. The minimum atomic E-state index is -0.493. The number of hydrogen-bond acceptors (Lipinski definition) is 6. The van der Waals surface area contributed by atoms with Gasteiger partial charge in [-0.2, -0.15) is 5.10 Å². The maximum atomic E-state index is 11.8. The first-order valence-electron chi connectivity index (χ1n) is 6.18. The van der Waals surface area contributed by atoms with Crippen LogP contribution in [0.25, 0.3) is 0 Å². The number of ether oxygens (including phenoxy) is 2. The van der Waals surface area contributed by atoms with Gasteiger partial charge in [-0.05, 0) is 5.92 Å². The number of methoxy groups -OCH3 is 2. The molecule has 7 heteroatoms. The van der Waals surface area contributed by atoms with E-state index in [9.17, 15) is 4.79 Å². The van der Waals surface area contributed by atoms with Gasteiger partial charge in [0.15, 0.2) is 5.82 Å². The average Bonchev–Trinajstić information content (AvgIpc) is 2.65. The largest absolute Gasteiger partial charge is 0.465 e. The molecule has 0 aromatic carbocycles. The molecule has 7 nitrogen and oxygen atoms in total. The van der Waals surface area contributed by atoms with Crippen LogP contribution in [0.4, 0.5) is 11.6 Å². The van der Waals surface area contributed by atoms with E-state index in [4.69, 9.17) is 15.2 Å². The number of esters is 1. The summed E-state index contributed by atoms with van der Waals surface area (Å²) in [5.74, 6) is 0.634. The van der Waals surface area contributed by atoms with Gasteiger partial charge in [0.25, 0.3) is 0 Å². The van der Waals surface area contributed by atoms with E-state index in [0.29, 0.717) is 37.3 Å². The Morgan fingerprint density at radius 3 is 2.68 bits per heavy atom. The lowest BCUT2D eigenvalue weighted by atomic mass is 10.2. The second-order valence-corrected chi connectivity index (χ2v) is 4.60. The number of carbonyl (C=O) groups excluding carboxylic acids is 1. The monoisotopic (exact) mass is 270 g/mol. The van der Waals surface area contributed by atoms with E-state index in [1.54, 1.807) is 11.8 Å². The Hall–Kier alpha value is -1.76. The lowest BCUT2D eigenvalue weighted by molar-refractivity contribution is 0.0603. The Balaban J connectivity index is 3.01. The summed E-state index contributed by atoms with van der Waals surface area (Å²) >= 11 is 0. The number of nitrogens with zero attached hydrogens (tertiary/aromatic N) is 2. The SMILES string of the molecule is COCCNc1nn(CC(C)C)c(N)c1C(=O)OC. The van der Waals surface area contributed by atoms with Crippen molar-refractivity contribution in [1.29, 1.82) is 0 Å². The van der Waals surface area contributed by atoms with Crippen LogP contribution in [0.3, 0.4) is 0 Å². The third-order valence-electron chi connectivity index (χ3n) is 2.52. The zero-order valence-corrected chi connectivity index (χ0v) is 11.9. The van der Waals surface area contributed by atoms with E-state index in [1.807, 2.05) is 0 Å². The lowest BCUT2D eigenvalue weighted by Gasteiger charge is -2.06. The number of nitrogens with two attached hydrogens (primary N) is 1. The van der Waals surface area contributed by atoms with Crippen molar-refractivity contribution in [2.24, 2.45) is 5.92 Å². The van der Waals surface area contributed by atoms with Gasteiger partial charge >= 0.3 is 5.97 Å². The maximum absolute atomic E-state index is 11.8. The number of hydrogen-bond donors (Lipinski definition) is 2. The summed E-state index contributed by atoms with van der Waals surface area (Å²) in [5, 5.41) is 7.34. The summed E-state index contributed by atoms with van der Waals surface area (Å²) in [4.78, 5) is 11.8. The van der Waals surface area contributed by atoms with Crippen LogP contribution in [-0.4, -0.2) is 43.1 Å². The third-order valence-corrected chi connectivity index (χ3v) is 2.52. The molecule has 1 aromatic rings. The molecule has 0 saturated carbocycles. The molecule has 1 heterocycles. The molecule has 0 saturated heterocycles. The maximum Gasteiger partial charge on any atom is 0.345 e. The minimum absolute atomic E-state index is 0.277. The summed E-state index contributed by atoms with van der Waals surface area (Å²) in [5.41, 5.74) is 6.24. The first kappa shape index (κ1) is 15.3. The summed E-state index contributed by atoms with van der Waals surface area (Å²) in [6.45, 7) is 5.80. The number of carbonyl (C=O) groups is 1. The van der Waals surface area contributed by atoms with Gasteiger partial charge in [0.05, 0.1) is 13.7 Å². The fourth-order valence-electron chi connectivity index (χ4n) is 1.66. The second-order valence-electron chi connectivity index (χ2n) is 4.60. The van der Waals surface area contributed by atoms with E-state index in [1.165, 1.54) is 7.11 Å². The highest BCUT2D eigenvalue weighted by molar-refractivity contribution is 5.99. The molecule has 108 valence electrons. The summed E-state index contributed by atoms with van der Waals surface area (Å²) in [6.07, 6.45) is 0. The summed E-state index contributed by atoms with van der Waals surface area (Å²) in [6, 6.07) is 0. The van der Waals surface area contributed by atoms with E-state index in [-0.39, 0.29) is 5.56 Å². The number of anilines is 2. The standard InChI is InChI=1S/C12H22N4O3/c1-8(2)7-16-10(13)9(12(17)19-4)11(15-16)14-5-6-18-3/h8H,5-7,13H2,1-4H3,(H,14,15). The molecule has 0 aliphatic rings. The van der Waals surface area contributed by atoms with Crippen molar-refractivity contribution >= 4 is 17.6 Å². The normalized spacial score (nSPS) is 10.8. The van der Waals surface area contributed by atoms with Crippen molar-refractivity contribution in [2.75, 3.05) is 38.4 Å². The van der Waals surface area contributed by atoms with Crippen LogP contribution in [-0.2, 0) is 16.0 Å². The molecule has 3 N–H and O–H groups in total. The molecular formula is C12H22N4O3. The molecule has 0 unspecified atom stereocenters. The fraction of sp³-hybridized carbons (Fsp3) is 0.667. The van der Waals surface area contributed by atoms with Crippen LogP contribution < -0.4 is 11.1 Å². The van der Waals surface area contributed by atoms with E-state index in [2.05, 4.69) is 24.3 Å². The predicted molar refractivity (Wildman–Crippen MR) is 73.2 cm³/mol. The molecule has 0 bridgehead atoms. The smallest absolute Gasteiger partial charge is 0.345 e. The van der Waals surface area contributed by atoms with Crippen LogP contribution >= 0.6 is 0 Å². The number of aromatic nitrogens is 2.